The summed E-state index contributed by atoms with van der Waals surface area (Å²) in [7, 11) is 1.50. The third-order valence-corrected chi connectivity index (χ3v) is 4.77. The molecule has 0 aliphatic carbocycles. The number of hydrogen-bond donors (Lipinski definition) is 1. The Labute approximate surface area is 122 Å². The summed E-state index contributed by atoms with van der Waals surface area (Å²) in [6, 6.07) is 4.18. The monoisotopic (exact) mass is 317 g/mol. The lowest BCUT2D eigenvalue weighted by atomic mass is 10.1. The molecule has 110 valence electrons. The van der Waals surface area contributed by atoms with Gasteiger partial charge in [-0.2, -0.15) is 0 Å². The fourth-order valence-electron chi connectivity index (χ4n) is 2.21. The maximum atomic E-state index is 12.2. The minimum absolute atomic E-state index is 0.00853. The highest BCUT2D eigenvalue weighted by atomic mass is 35.7. The molecule has 0 radical (unpaired) electrons. The van der Waals surface area contributed by atoms with Gasteiger partial charge in [0.15, 0.2) is 0 Å². The number of carbonyl (C=O) groups excluding carboxylic acids is 1. The largest absolute Gasteiger partial charge is 0.376 e. The van der Waals surface area contributed by atoms with Crippen LogP contribution in [0.1, 0.15) is 29.3 Å². The summed E-state index contributed by atoms with van der Waals surface area (Å²) in [6.07, 6.45) is 0.766. The first-order valence-corrected chi connectivity index (χ1v) is 8.58. The van der Waals surface area contributed by atoms with Crippen molar-refractivity contribution < 1.29 is 17.9 Å². The van der Waals surface area contributed by atoms with Crippen LogP contribution in [0.25, 0.3) is 0 Å². The first-order valence-electron chi connectivity index (χ1n) is 6.27. The molecule has 1 saturated heterocycles. The summed E-state index contributed by atoms with van der Waals surface area (Å²) >= 11 is 0. The molecule has 1 N–H and O–H groups in total. The minimum Gasteiger partial charge on any atom is -0.376 e. The van der Waals surface area contributed by atoms with E-state index in [0.717, 1.165) is 6.42 Å². The van der Waals surface area contributed by atoms with Gasteiger partial charge in [0.25, 0.3) is 15.0 Å². The molecule has 0 bridgehead atoms. The quantitative estimate of drug-likeness (QED) is 0.863. The Morgan fingerprint density at radius 2 is 2.15 bits per heavy atom. The highest BCUT2D eigenvalue weighted by molar-refractivity contribution is 8.13. The lowest BCUT2D eigenvalue weighted by molar-refractivity contribution is 0.0865. The number of amides is 1. The molecule has 20 heavy (non-hydrogen) atoms. The van der Waals surface area contributed by atoms with Crippen molar-refractivity contribution in [1.29, 1.82) is 0 Å². The smallest absolute Gasteiger partial charge is 0.261 e. The molecular formula is C13H16ClNO4S. The van der Waals surface area contributed by atoms with Crippen LogP contribution in [0, 0.1) is 6.92 Å². The van der Waals surface area contributed by atoms with Crippen molar-refractivity contribution in [3.05, 3.63) is 29.3 Å². The second kappa shape index (κ2) is 5.71. The summed E-state index contributed by atoms with van der Waals surface area (Å²) < 4.78 is 27.9. The lowest BCUT2D eigenvalue weighted by Crippen LogP contribution is -2.39. The molecule has 2 rings (SSSR count). The van der Waals surface area contributed by atoms with Gasteiger partial charge in [-0.25, -0.2) is 8.42 Å². The molecule has 2 unspecified atom stereocenters. The third-order valence-electron chi connectivity index (χ3n) is 3.42. The molecule has 2 atom stereocenters. The second-order valence-corrected chi connectivity index (χ2v) is 7.43. The van der Waals surface area contributed by atoms with E-state index in [1.807, 2.05) is 6.92 Å². The van der Waals surface area contributed by atoms with Gasteiger partial charge in [0.1, 0.15) is 0 Å². The first-order chi connectivity index (χ1) is 9.29. The maximum absolute atomic E-state index is 12.2. The van der Waals surface area contributed by atoms with Crippen LogP contribution in [-0.4, -0.2) is 33.1 Å². The highest BCUT2D eigenvalue weighted by Gasteiger charge is 2.26. The maximum Gasteiger partial charge on any atom is 0.261 e. The number of carbonyl (C=O) groups is 1. The zero-order chi connectivity index (χ0) is 14.9. The van der Waals surface area contributed by atoms with Crippen LogP contribution in [0.3, 0.4) is 0 Å². The summed E-state index contributed by atoms with van der Waals surface area (Å²) in [5.41, 5.74) is 1.00. The Bertz CT molecular complexity index is 629. The van der Waals surface area contributed by atoms with Crippen LogP contribution in [-0.2, 0) is 13.8 Å². The molecule has 1 aromatic rings. The number of benzene rings is 1. The topological polar surface area (TPSA) is 72.5 Å². The van der Waals surface area contributed by atoms with Crippen LogP contribution < -0.4 is 5.32 Å². The molecule has 7 heteroatoms. The molecule has 1 fully saturated rings. The molecule has 0 spiro atoms. The molecule has 5 nitrogen and oxygen atoms in total. The van der Waals surface area contributed by atoms with Gasteiger partial charge in [-0.3, -0.25) is 4.79 Å². The molecular weight excluding hydrogens is 302 g/mol. The summed E-state index contributed by atoms with van der Waals surface area (Å²) in [5, 5.41) is 2.90. The Hall–Kier alpha value is -1.11. The van der Waals surface area contributed by atoms with E-state index in [4.69, 9.17) is 15.4 Å². The van der Waals surface area contributed by atoms with Gasteiger partial charge in [-0.05, 0) is 44.0 Å². The normalized spacial score (nSPS) is 22.8. The van der Waals surface area contributed by atoms with E-state index < -0.39 is 9.05 Å². The summed E-state index contributed by atoms with van der Waals surface area (Å²) in [5.74, 6) is -0.233. The SMILES string of the molecule is Cc1cc(S(=O)(=O)Cl)ccc1C(=O)NC1CCOC1C. The van der Waals surface area contributed by atoms with Gasteiger partial charge in [-0.1, -0.05) is 0 Å². The van der Waals surface area contributed by atoms with Gasteiger partial charge >= 0.3 is 0 Å². The molecule has 1 aliphatic rings. The number of nitrogens with one attached hydrogen (secondary N) is 1. The molecule has 1 heterocycles. The van der Waals surface area contributed by atoms with E-state index in [9.17, 15) is 13.2 Å². The van der Waals surface area contributed by atoms with Crippen molar-refractivity contribution >= 4 is 25.6 Å². The molecule has 0 aromatic heterocycles. The van der Waals surface area contributed by atoms with Gasteiger partial charge in [0.05, 0.1) is 17.0 Å². The molecule has 0 saturated carbocycles. The standard InChI is InChI=1S/C13H16ClNO4S/c1-8-7-10(20(14,17)18)3-4-11(8)13(16)15-12-5-6-19-9(12)2/h3-4,7,9,12H,5-6H2,1-2H3,(H,15,16). The van der Waals surface area contributed by atoms with E-state index in [2.05, 4.69) is 5.32 Å². The Balaban J connectivity index is 2.18. The predicted molar refractivity (Wildman–Crippen MR) is 75.5 cm³/mol. The van der Waals surface area contributed by atoms with Gasteiger partial charge in [-0.15, -0.1) is 0 Å². The van der Waals surface area contributed by atoms with Gasteiger partial charge in [0, 0.05) is 22.9 Å². The highest BCUT2D eigenvalue weighted by Crippen LogP contribution is 2.20. The number of rotatable bonds is 3. The van der Waals surface area contributed by atoms with Crippen LogP contribution in [0.4, 0.5) is 0 Å². The van der Waals surface area contributed by atoms with Crippen molar-refractivity contribution in [3.8, 4) is 0 Å². The van der Waals surface area contributed by atoms with Crippen LogP contribution >= 0.6 is 10.7 Å². The van der Waals surface area contributed by atoms with E-state index in [1.165, 1.54) is 18.2 Å². The van der Waals surface area contributed by atoms with Crippen molar-refractivity contribution in [3.63, 3.8) is 0 Å². The average molecular weight is 318 g/mol. The summed E-state index contributed by atoms with van der Waals surface area (Å²) in [6.45, 7) is 4.22. The second-order valence-electron chi connectivity index (χ2n) is 4.86. The van der Waals surface area contributed by atoms with Crippen molar-refractivity contribution in [2.75, 3.05) is 6.61 Å². The van der Waals surface area contributed by atoms with Crippen molar-refractivity contribution in [2.45, 2.75) is 37.3 Å². The Kier molecular flexibility index (Phi) is 4.36. The van der Waals surface area contributed by atoms with Crippen LogP contribution in [0.5, 0.6) is 0 Å². The zero-order valence-electron chi connectivity index (χ0n) is 11.2. The minimum atomic E-state index is -3.78. The van der Waals surface area contributed by atoms with Crippen molar-refractivity contribution in [2.24, 2.45) is 0 Å². The Morgan fingerprint density at radius 1 is 1.45 bits per heavy atom. The van der Waals surface area contributed by atoms with Gasteiger partial charge < -0.3 is 10.1 Å². The first kappa shape index (κ1) is 15.3. The number of hydrogen-bond acceptors (Lipinski definition) is 4. The van der Waals surface area contributed by atoms with E-state index >= 15 is 0 Å². The number of aryl methyl sites for hydroxylation is 1. The average Bonchev–Trinajstić information content (AvgIpc) is 2.73. The van der Waals surface area contributed by atoms with Crippen LogP contribution in [0.15, 0.2) is 23.1 Å². The lowest BCUT2D eigenvalue weighted by Gasteiger charge is -2.17. The van der Waals surface area contributed by atoms with Crippen molar-refractivity contribution in [1.82, 2.24) is 5.32 Å². The Morgan fingerprint density at radius 3 is 2.65 bits per heavy atom. The predicted octanol–water partition coefficient (Wildman–Crippen LogP) is 1.83. The fraction of sp³-hybridized carbons (Fsp3) is 0.462. The van der Waals surface area contributed by atoms with E-state index in [-0.39, 0.29) is 22.9 Å². The molecule has 1 amide bonds. The van der Waals surface area contributed by atoms with Crippen LogP contribution in [0.2, 0.25) is 0 Å². The fourth-order valence-corrected chi connectivity index (χ4v) is 3.05. The number of halogens is 1. The third kappa shape index (κ3) is 3.31. The van der Waals surface area contributed by atoms with Gasteiger partial charge in [0.2, 0.25) is 0 Å². The van der Waals surface area contributed by atoms with E-state index in [0.29, 0.717) is 17.7 Å². The number of ether oxygens (including phenoxy) is 1. The molecule has 1 aliphatic heterocycles. The van der Waals surface area contributed by atoms with E-state index in [1.54, 1.807) is 6.92 Å². The summed E-state index contributed by atoms with van der Waals surface area (Å²) in [4.78, 5) is 12.2. The zero-order valence-corrected chi connectivity index (χ0v) is 12.8. The molecule has 1 aromatic carbocycles.